The topological polar surface area (TPSA) is 122 Å². The van der Waals surface area contributed by atoms with Gasteiger partial charge >= 0.3 is 6.29 Å². The largest absolute Gasteiger partial charge is 0.586 e. The lowest BCUT2D eigenvalue weighted by Crippen LogP contribution is -2.34. The van der Waals surface area contributed by atoms with Crippen LogP contribution >= 0.6 is 0 Å². The van der Waals surface area contributed by atoms with Crippen molar-refractivity contribution in [3.8, 4) is 23.1 Å². The fourth-order valence-electron chi connectivity index (χ4n) is 3.91. The van der Waals surface area contributed by atoms with E-state index in [1.807, 2.05) is 6.92 Å². The summed E-state index contributed by atoms with van der Waals surface area (Å²) >= 11 is 0. The number of alkyl halides is 2. The summed E-state index contributed by atoms with van der Waals surface area (Å²) in [6.45, 7) is 1.97. The van der Waals surface area contributed by atoms with E-state index in [-0.39, 0.29) is 34.3 Å². The molecule has 3 aromatic rings. The number of carbonyl (C=O) groups excluding carboxylic acids is 1. The number of nitrogens with zero attached hydrogens (tertiary/aromatic N) is 4. The lowest BCUT2D eigenvalue weighted by atomic mass is 9.90. The molecule has 1 amide bonds. The first-order valence-corrected chi connectivity index (χ1v) is 9.77. The average Bonchev–Trinajstić information content (AvgIpc) is 3.40. The van der Waals surface area contributed by atoms with Crippen molar-refractivity contribution >= 4 is 5.91 Å². The Labute approximate surface area is 179 Å². The van der Waals surface area contributed by atoms with Gasteiger partial charge in [0.15, 0.2) is 23.1 Å². The van der Waals surface area contributed by atoms with Gasteiger partial charge < -0.3 is 15.2 Å². The van der Waals surface area contributed by atoms with Gasteiger partial charge in [0, 0.05) is 18.5 Å². The average molecular weight is 441 g/mol. The fourth-order valence-corrected chi connectivity index (χ4v) is 3.91. The van der Waals surface area contributed by atoms with Crippen molar-refractivity contribution < 1.29 is 23.0 Å². The molecule has 1 aromatic carbocycles. The Hall–Kier alpha value is -3.89. The molecule has 0 spiro atoms. The van der Waals surface area contributed by atoms with Crippen molar-refractivity contribution in [3.05, 3.63) is 64.3 Å². The Morgan fingerprint density at radius 2 is 1.84 bits per heavy atom. The molecule has 1 fully saturated rings. The maximum absolute atomic E-state index is 13.5. The van der Waals surface area contributed by atoms with Crippen molar-refractivity contribution in [1.82, 2.24) is 19.5 Å². The third-order valence-corrected chi connectivity index (χ3v) is 5.67. The minimum Gasteiger partial charge on any atom is -0.395 e. The van der Waals surface area contributed by atoms with E-state index in [0.717, 1.165) is 18.9 Å². The molecule has 2 aromatic heterocycles. The van der Waals surface area contributed by atoms with Gasteiger partial charge in [-0.25, -0.2) is 15.0 Å². The number of ether oxygens (including phenoxy) is 2. The van der Waals surface area contributed by atoms with Crippen molar-refractivity contribution in [2.75, 3.05) is 0 Å². The van der Waals surface area contributed by atoms with E-state index >= 15 is 0 Å². The van der Waals surface area contributed by atoms with Crippen LogP contribution in [0.3, 0.4) is 0 Å². The lowest BCUT2D eigenvalue weighted by molar-refractivity contribution is -0.286. The number of amides is 1. The van der Waals surface area contributed by atoms with Gasteiger partial charge in [0.25, 0.3) is 11.5 Å². The van der Waals surface area contributed by atoms with Gasteiger partial charge in [-0.3, -0.25) is 14.2 Å². The number of carbonyl (C=O) groups is 1. The highest BCUT2D eigenvalue weighted by molar-refractivity contribution is 5.91. The van der Waals surface area contributed by atoms with E-state index in [9.17, 15) is 18.4 Å². The van der Waals surface area contributed by atoms with E-state index in [1.165, 1.54) is 29.1 Å². The van der Waals surface area contributed by atoms with Gasteiger partial charge in [0.1, 0.15) is 5.69 Å². The highest BCUT2D eigenvalue weighted by atomic mass is 19.3. The lowest BCUT2D eigenvalue weighted by Gasteiger charge is -2.28. The van der Waals surface area contributed by atoms with Crippen LogP contribution in [0.1, 0.15) is 41.9 Å². The number of benzene rings is 1. The number of nitrogens with two attached hydrogens (primary N) is 1. The summed E-state index contributed by atoms with van der Waals surface area (Å²) in [6.07, 6.45) is 0.756. The number of primary amides is 1. The number of halogens is 2. The molecule has 32 heavy (non-hydrogen) atoms. The van der Waals surface area contributed by atoms with Crippen molar-refractivity contribution in [1.29, 1.82) is 0 Å². The second kappa shape index (κ2) is 6.81. The molecular weight excluding hydrogens is 424 g/mol. The number of aromatic nitrogens is 4. The second-order valence-electron chi connectivity index (χ2n) is 8.04. The van der Waals surface area contributed by atoms with Gasteiger partial charge in [-0.1, -0.05) is 13.0 Å². The molecule has 0 bridgehead atoms. The molecule has 3 heterocycles. The zero-order chi connectivity index (χ0) is 22.7. The number of hydrogen-bond acceptors (Lipinski definition) is 7. The number of hydrogen-bond donors (Lipinski definition) is 1. The zero-order valence-electron chi connectivity index (χ0n) is 16.8. The van der Waals surface area contributed by atoms with Crippen LogP contribution in [0.4, 0.5) is 8.78 Å². The molecule has 9 nitrogen and oxygen atoms in total. The first-order chi connectivity index (χ1) is 15.2. The summed E-state index contributed by atoms with van der Waals surface area (Å²) in [4.78, 5) is 37.6. The Morgan fingerprint density at radius 1 is 1.16 bits per heavy atom. The predicted octanol–water partition coefficient (Wildman–Crippen LogP) is 2.51. The Kier molecular flexibility index (Phi) is 4.26. The smallest absolute Gasteiger partial charge is 0.395 e. The number of fused-ring (bicyclic) bond motifs is 1. The van der Waals surface area contributed by atoms with Crippen LogP contribution in [0, 0.1) is 5.41 Å². The van der Waals surface area contributed by atoms with Gasteiger partial charge in [0.05, 0.1) is 6.04 Å². The van der Waals surface area contributed by atoms with Gasteiger partial charge in [-0.15, -0.1) is 8.78 Å². The van der Waals surface area contributed by atoms with E-state index < -0.39 is 23.8 Å². The molecule has 1 atom stereocenters. The van der Waals surface area contributed by atoms with Gasteiger partial charge in [-0.2, -0.15) is 0 Å². The van der Waals surface area contributed by atoms with E-state index in [4.69, 9.17) is 5.73 Å². The van der Waals surface area contributed by atoms with E-state index in [2.05, 4.69) is 24.4 Å². The highest BCUT2D eigenvalue weighted by Gasteiger charge is 2.49. The maximum atomic E-state index is 13.5. The molecule has 1 aliphatic carbocycles. The van der Waals surface area contributed by atoms with E-state index in [0.29, 0.717) is 5.56 Å². The second-order valence-corrected chi connectivity index (χ2v) is 8.04. The van der Waals surface area contributed by atoms with Crippen molar-refractivity contribution in [2.24, 2.45) is 11.1 Å². The van der Waals surface area contributed by atoms with Crippen LogP contribution in [-0.4, -0.2) is 31.7 Å². The molecule has 0 unspecified atom stereocenters. The minimum absolute atomic E-state index is 0.0491. The summed E-state index contributed by atoms with van der Waals surface area (Å²) in [5.74, 6) is -0.929. The quantitative estimate of drug-likeness (QED) is 0.645. The molecule has 11 heteroatoms. The van der Waals surface area contributed by atoms with Crippen LogP contribution in [-0.2, 0) is 0 Å². The highest BCUT2D eigenvalue weighted by Crippen LogP contribution is 2.57. The SMILES string of the molecule is CC1([C@H](c2ccc3c(c2)OC(F)(F)O3)n2c(-c3ncccn3)nc(C(N)=O)cc2=O)CC1. The predicted molar refractivity (Wildman–Crippen MR) is 106 cm³/mol. The minimum atomic E-state index is -3.76. The summed E-state index contributed by atoms with van der Waals surface area (Å²) in [5, 5.41) is 0. The summed E-state index contributed by atoms with van der Waals surface area (Å²) in [7, 11) is 0. The van der Waals surface area contributed by atoms with E-state index in [1.54, 1.807) is 12.1 Å². The summed E-state index contributed by atoms with van der Waals surface area (Å²) in [6, 6.07) is 6.43. The standard InChI is InChI=1S/C21H17F2N5O4/c1-20(5-6-20)16(11-3-4-13-14(9-11)32-21(22,23)31-13)28-15(29)10-12(17(24)30)27-19(28)18-25-7-2-8-26-18/h2-4,7-10,16H,5-6H2,1H3,(H2,24,30)/t16-/m0/s1. The third-order valence-electron chi connectivity index (χ3n) is 5.67. The molecule has 0 radical (unpaired) electrons. The Balaban J connectivity index is 1.73. The third kappa shape index (κ3) is 3.35. The van der Waals surface area contributed by atoms with Crippen molar-refractivity contribution in [2.45, 2.75) is 32.1 Å². The normalized spacial score (nSPS) is 18.2. The molecule has 1 saturated carbocycles. The first kappa shape index (κ1) is 20.0. The molecular formula is C21H17F2N5O4. The fraction of sp³-hybridized carbons (Fsp3) is 0.286. The molecule has 0 saturated heterocycles. The molecule has 164 valence electrons. The van der Waals surface area contributed by atoms with Crippen LogP contribution in [0.15, 0.2) is 47.5 Å². The molecule has 2 N–H and O–H groups in total. The van der Waals surface area contributed by atoms with Gasteiger partial charge in [-0.05, 0) is 42.0 Å². The molecule has 2 aliphatic rings. The monoisotopic (exact) mass is 441 g/mol. The van der Waals surface area contributed by atoms with Crippen LogP contribution < -0.4 is 20.8 Å². The van der Waals surface area contributed by atoms with Crippen molar-refractivity contribution in [3.63, 3.8) is 0 Å². The Bertz CT molecular complexity index is 1290. The number of rotatable bonds is 5. The summed E-state index contributed by atoms with van der Waals surface area (Å²) < 4.78 is 37.5. The van der Waals surface area contributed by atoms with Crippen LogP contribution in [0.5, 0.6) is 11.5 Å². The van der Waals surface area contributed by atoms with Crippen LogP contribution in [0.2, 0.25) is 0 Å². The molecule has 1 aliphatic heterocycles. The first-order valence-electron chi connectivity index (χ1n) is 9.77. The summed E-state index contributed by atoms with van der Waals surface area (Å²) in [5.41, 5.74) is 4.76. The van der Waals surface area contributed by atoms with Gasteiger partial charge in [0.2, 0.25) is 0 Å². The zero-order valence-corrected chi connectivity index (χ0v) is 16.8. The Morgan fingerprint density at radius 3 is 2.50 bits per heavy atom. The molecule has 5 rings (SSSR count). The maximum Gasteiger partial charge on any atom is 0.586 e. The van der Waals surface area contributed by atoms with Crippen LogP contribution in [0.25, 0.3) is 11.6 Å².